The molecule has 1 aliphatic heterocycles. The fourth-order valence-corrected chi connectivity index (χ4v) is 4.40. The van der Waals surface area contributed by atoms with Gasteiger partial charge in [-0.15, -0.1) is 0 Å². The Labute approximate surface area is 121 Å². The minimum Gasteiger partial charge on any atom is -0.450 e. The highest BCUT2D eigenvalue weighted by molar-refractivity contribution is 7.91. The molecule has 108 valence electrons. The van der Waals surface area contributed by atoms with Gasteiger partial charge in [-0.05, 0) is 18.6 Å². The Balaban J connectivity index is 1.79. The number of nitrogens with one attached hydrogen (secondary N) is 1. The van der Waals surface area contributed by atoms with Gasteiger partial charge in [0.1, 0.15) is 17.4 Å². The summed E-state index contributed by atoms with van der Waals surface area (Å²) in [5.74, 6) is 0.913. The third kappa shape index (κ3) is 2.13. The van der Waals surface area contributed by atoms with E-state index in [-0.39, 0.29) is 17.5 Å². The average Bonchev–Trinajstić information content (AvgIpc) is 3.00. The summed E-state index contributed by atoms with van der Waals surface area (Å²) >= 11 is 0. The summed E-state index contributed by atoms with van der Waals surface area (Å²) in [5.41, 5.74) is 2.06. The van der Waals surface area contributed by atoms with Gasteiger partial charge in [-0.1, -0.05) is 12.1 Å². The Morgan fingerprint density at radius 1 is 1.24 bits per heavy atom. The molecule has 3 heterocycles. The van der Waals surface area contributed by atoms with E-state index >= 15 is 0 Å². The minimum atomic E-state index is -2.93. The molecule has 1 fully saturated rings. The van der Waals surface area contributed by atoms with Crippen molar-refractivity contribution in [2.75, 3.05) is 16.8 Å². The van der Waals surface area contributed by atoms with Crippen molar-refractivity contribution < 1.29 is 12.8 Å². The predicted octanol–water partition coefficient (Wildman–Crippen LogP) is 1.97. The zero-order chi connectivity index (χ0) is 14.4. The molecule has 1 unspecified atom stereocenters. The van der Waals surface area contributed by atoms with Crippen LogP contribution in [0.2, 0.25) is 0 Å². The van der Waals surface area contributed by atoms with Crippen LogP contribution in [0.15, 0.2) is 35.0 Å². The van der Waals surface area contributed by atoms with E-state index in [1.807, 2.05) is 24.3 Å². The first kappa shape index (κ1) is 12.6. The number of furan rings is 1. The van der Waals surface area contributed by atoms with Crippen LogP contribution < -0.4 is 5.32 Å². The summed E-state index contributed by atoms with van der Waals surface area (Å²) in [7, 11) is -2.93. The third-order valence-corrected chi connectivity index (χ3v) is 5.50. The molecule has 2 aromatic heterocycles. The molecule has 0 aliphatic carbocycles. The van der Waals surface area contributed by atoms with E-state index in [0.29, 0.717) is 17.8 Å². The Morgan fingerprint density at radius 2 is 2.10 bits per heavy atom. The first-order valence-corrected chi connectivity index (χ1v) is 8.54. The fraction of sp³-hybridized carbons (Fsp3) is 0.286. The normalized spacial score (nSPS) is 21.0. The van der Waals surface area contributed by atoms with Crippen LogP contribution in [0, 0.1) is 0 Å². The van der Waals surface area contributed by atoms with Gasteiger partial charge in [-0.25, -0.2) is 18.4 Å². The summed E-state index contributed by atoms with van der Waals surface area (Å²) in [6.45, 7) is 0. The van der Waals surface area contributed by atoms with E-state index in [4.69, 9.17) is 4.42 Å². The highest BCUT2D eigenvalue weighted by atomic mass is 32.2. The molecule has 1 atom stereocenters. The topological polar surface area (TPSA) is 85.1 Å². The summed E-state index contributed by atoms with van der Waals surface area (Å²) in [5, 5.41) is 4.10. The first-order chi connectivity index (χ1) is 10.1. The maximum atomic E-state index is 11.5. The molecule has 3 aromatic rings. The van der Waals surface area contributed by atoms with Gasteiger partial charge in [-0.2, -0.15) is 0 Å². The van der Waals surface area contributed by atoms with E-state index in [1.54, 1.807) is 0 Å². The van der Waals surface area contributed by atoms with Gasteiger partial charge < -0.3 is 9.73 Å². The summed E-state index contributed by atoms with van der Waals surface area (Å²) in [4.78, 5) is 8.47. The predicted molar refractivity (Wildman–Crippen MR) is 80.0 cm³/mol. The molecule has 7 heteroatoms. The zero-order valence-electron chi connectivity index (χ0n) is 11.1. The summed E-state index contributed by atoms with van der Waals surface area (Å²) in [6.07, 6.45) is 2.06. The number of fused-ring (bicyclic) bond motifs is 3. The molecule has 21 heavy (non-hydrogen) atoms. The molecule has 1 aromatic carbocycles. The smallest absolute Gasteiger partial charge is 0.196 e. The second-order valence-corrected chi connectivity index (χ2v) is 7.47. The Kier molecular flexibility index (Phi) is 2.65. The maximum Gasteiger partial charge on any atom is 0.196 e. The van der Waals surface area contributed by atoms with Crippen molar-refractivity contribution in [1.29, 1.82) is 0 Å². The van der Waals surface area contributed by atoms with Crippen LogP contribution in [0.5, 0.6) is 0 Å². The lowest BCUT2D eigenvalue weighted by atomic mass is 10.2. The molecule has 1 aliphatic rings. The van der Waals surface area contributed by atoms with Gasteiger partial charge in [0.05, 0.1) is 11.5 Å². The Morgan fingerprint density at radius 3 is 2.90 bits per heavy atom. The maximum absolute atomic E-state index is 11.5. The number of benzene rings is 1. The van der Waals surface area contributed by atoms with Crippen molar-refractivity contribution in [1.82, 2.24) is 9.97 Å². The lowest BCUT2D eigenvalue weighted by Crippen LogP contribution is -2.21. The van der Waals surface area contributed by atoms with Crippen LogP contribution in [-0.2, 0) is 9.84 Å². The molecule has 6 nitrogen and oxygen atoms in total. The van der Waals surface area contributed by atoms with Gasteiger partial charge in [0, 0.05) is 11.4 Å². The Bertz CT molecular complexity index is 933. The SMILES string of the molecule is O=S1(=O)CCC(Nc2ncnc3c2oc2ccccc23)C1. The van der Waals surface area contributed by atoms with Crippen molar-refractivity contribution in [2.24, 2.45) is 0 Å². The number of sulfone groups is 1. The first-order valence-electron chi connectivity index (χ1n) is 6.72. The molecular weight excluding hydrogens is 290 g/mol. The standard InChI is InChI=1S/C14H13N3O3S/c18-21(19)6-5-9(7-21)17-14-13-12(15-8-16-14)10-3-1-2-4-11(10)20-13/h1-4,8-9H,5-7H2,(H,15,16,17). The number of hydrogen-bond donors (Lipinski definition) is 1. The molecule has 0 spiro atoms. The molecule has 4 rings (SSSR count). The molecule has 0 amide bonds. The van der Waals surface area contributed by atoms with Crippen LogP contribution in [0.4, 0.5) is 5.82 Å². The van der Waals surface area contributed by atoms with Crippen LogP contribution in [-0.4, -0.2) is 35.9 Å². The monoisotopic (exact) mass is 303 g/mol. The fourth-order valence-electron chi connectivity index (χ4n) is 2.73. The summed E-state index contributed by atoms with van der Waals surface area (Å²) < 4.78 is 28.9. The van der Waals surface area contributed by atoms with E-state index in [1.165, 1.54) is 6.33 Å². The van der Waals surface area contributed by atoms with Crippen LogP contribution in [0.1, 0.15) is 6.42 Å². The molecule has 0 radical (unpaired) electrons. The van der Waals surface area contributed by atoms with Gasteiger partial charge in [0.25, 0.3) is 0 Å². The van der Waals surface area contributed by atoms with Crippen LogP contribution in [0.25, 0.3) is 22.1 Å². The van der Waals surface area contributed by atoms with Crippen molar-refractivity contribution in [2.45, 2.75) is 12.5 Å². The number of rotatable bonds is 2. The van der Waals surface area contributed by atoms with Crippen molar-refractivity contribution in [3.8, 4) is 0 Å². The third-order valence-electron chi connectivity index (χ3n) is 3.73. The molecule has 1 N–H and O–H groups in total. The van der Waals surface area contributed by atoms with Crippen molar-refractivity contribution in [3.63, 3.8) is 0 Å². The molecular formula is C14H13N3O3S. The molecule has 0 saturated carbocycles. The Hall–Kier alpha value is -2.15. The van der Waals surface area contributed by atoms with E-state index in [2.05, 4.69) is 15.3 Å². The van der Waals surface area contributed by atoms with Crippen LogP contribution in [0.3, 0.4) is 0 Å². The second-order valence-electron chi connectivity index (χ2n) is 5.24. The number of para-hydroxylation sites is 1. The number of aromatic nitrogens is 2. The van der Waals surface area contributed by atoms with Crippen LogP contribution >= 0.6 is 0 Å². The minimum absolute atomic E-state index is 0.124. The van der Waals surface area contributed by atoms with Crippen molar-refractivity contribution in [3.05, 3.63) is 30.6 Å². The number of hydrogen-bond acceptors (Lipinski definition) is 6. The lowest BCUT2D eigenvalue weighted by Gasteiger charge is -2.10. The molecule has 0 bridgehead atoms. The van der Waals surface area contributed by atoms with E-state index in [0.717, 1.165) is 16.5 Å². The van der Waals surface area contributed by atoms with Gasteiger partial charge in [0.2, 0.25) is 0 Å². The summed E-state index contributed by atoms with van der Waals surface area (Å²) in [6, 6.07) is 7.52. The quantitative estimate of drug-likeness (QED) is 0.779. The largest absolute Gasteiger partial charge is 0.450 e. The van der Waals surface area contributed by atoms with Gasteiger partial charge in [-0.3, -0.25) is 0 Å². The van der Waals surface area contributed by atoms with Crippen molar-refractivity contribution >= 4 is 37.7 Å². The molecule has 1 saturated heterocycles. The highest BCUT2D eigenvalue weighted by Gasteiger charge is 2.28. The zero-order valence-corrected chi connectivity index (χ0v) is 11.9. The second kappa shape index (κ2) is 4.42. The average molecular weight is 303 g/mol. The lowest BCUT2D eigenvalue weighted by molar-refractivity contribution is 0.602. The number of anilines is 1. The van der Waals surface area contributed by atoms with E-state index < -0.39 is 9.84 Å². The van der Waals surface area contributed by atoms with E-state index in [9.17, 15) is 8.42 Å². The van der Waals surface area contributed by atoms with Gasteiger partial charge >= 0.3 is 0 Å². The number of nitrogens with zero attached hydrogens (tertiary/aromatic N) is 2. The highest BCUT2D eigenvalue weighted by Crippen LogP contribution is 2.31. The van der Waals surface area contributed by atoms with Gasteiger partial charge in [0.15, 0.2) is 21.2 Å².